The second-order valence-corrected chi connectivity index (χ2v) is 5.95. The van der Waals surface area contributed by atoms with Crippen LogP contribution in [-0.2, 0) is 6.42 Å². The maximum Gasteiger partial charge on any atom is 0.107 e. The summed E-state index contributed by atoms with van der Waals surface area (Å²) in [4.78, 5) is 2.60. The summed E-state index contributed by atoms with van der Waals surface area (Å²) in [6.45, 7) is 0.913. The van der Waals surface area contributed by atoms with E-state index >= 15 is 0 Å². The van der Waals surface area contributed by atoms with Crippen LogP contribution in [0.1, 0.15) is 11.1 Å². The van der Waals surface area contributed by atoms with Crippen molar-refractivity contribution < 1.29 is 0 Å². The summed E-state index contributed by atoms with van der Waals surface area (Å²) in [5.74, 6) is 0. The number of nitrogens with two attached hydrogens (primary N) is 1. The molecule has 2 rings (SSSR count). The largest absolute Gasteiger partial charge is 0.389 e. The number of hydrogen-bond donors (Lipinski definition) is 1. The van der Waals surface area contributed by atoms with Crippen LogP contribution in [0.5, 0.6) is 0 Å². The van der Waals surface area contributed by atoms with Crippen molar-refractivity contribution in [3.05, 3.63) is 64.1 Å². The Kier molecular flexibility index (Phi) is 5.15. The van der Waals surface area contributed by atoms with E-state index in [0.29, 0.717) is 4.99 Å². The van der Waals surface area contributed by atoms with Crippen LogP contribution in [0.15, 0.2) is 53.0 Å². The molecule has 0 heterocycles. The van der Waals surface area contributed by atoms with E-state index in [1.165, 1.54) is 5.56 Å². The average molecular weight is 349 g/mol. The summed E-state index contributed by atoms with van der Waals surface area (Å²) in [6, 6.07) is 16.5. The molecule has 2 N–H and O–H groups in total. The van der Waals surface area contributed by atoms with Crippen molar-refractivity contribution in [2.75, 3.05) is 18.5 Å². The highest BCUT2D eigenvalue weighted by Gasteiger charge is 2.12. The van der Waals surface area contributed by atoms with E-state index < -0.39 is 0 Å². The maximum absolute atomic E-state index is 5.84. The molecule has 0 aliphatic carbocycles. The molecule has 0 fully saturated rings. The lowest BCUT2D eigenvalue weighted by Gasteiger charge is -2.23. The molecular weight excluding hydrogens is 332 g/mol. The van der Waals surface area contributed by atoms with E-state index in [2.05, 4.69) is 52.1 Å². The van der Waals surface area contributed by atoms with Gasteiger partial charge in [0.1, 0.15) is 4.99 Å². The topological polar surface area (TPSA) is 29.3 Å². The van der Waals surface area contributed by atoms with Gasteiger partial charge in [-0.25, -0.2) is 0 Å². The first-order valence-electron chi connectivity index (χ1n) is 6.43. The number of benzene rings is 2. The molecular formula is C16H17BrN2S. The van der Waals surface area contributed by atoms with Crippen molar-refractivity contribution in [2.45, 2.75) is 6.42 Å². The van der Waals surface area contributed by atoms with Gasteiger partial charge in [0.25, 0.3) is 0 Å². The predicted octanol–water partition coefficient (Wildman–Crippen LogP) is 3.76. The van der Waals surface area contributed by atoms with E-state index in [4.69, 9.17) is 18.0 Å². The minimum Gasteiger partial charge on any atom is -0.389 e. The summed E-state index contributed by atoms with van der Waals surface area (Å²) in [5.41, 5.74) is 9.12. The Morgan fingerprint density at radius 2 is 1.85 bits per heavy atom. The molecule has 20 heavy (non-hydrogen) atoms. The molecule has 0 saturated carbocycles. The van der Waals surface area contributed by atoms with Gasteiger partial charge in [-0.05, 0) is 40.0 Å². The van der Waals surface area contributed by atoms with Crippen molar-refractivity contribution in [2.24, 2.45) is 5.73 Å². The molecule has 0 bridgehead atoms. The summed E-state index contributed by atoms with van der Waals surface area (Å²) in [7, 11) is 2.06. The molecule has 104 valence electrons. The highest BCUT2D eigenvalue weighted by Crippen LogP contribution is 2.27. The van der Waals surface area contributed by atoms with Gasteiger partial charge in [-0.2, -0.15) is 0 Å². The molecule has 0 saturated heterocycles. The fraction of sp³-hybridized carbons (Fsp3) is 0.188. The number of likely N-dealkylation sites (N-methyl/N-ethyl adjacent to an activating group) is 1. The highest BCUT2D eigenvalue weighted by atomic mass is 79.9. The van der Waals surface area contributed by atoms with Gasteiger partial charge in [0.05, 0.1) is 0 Å². The Hall–Kier alpha value is -1.39. The normalized spacial score (nSPS) is 10.3. The summed E-state index contributed by atoms with van der Waals surface area (Å²) < 4.78 is 0.939. The van der Waals surface area contributed by atoms with Crippen LogP contribution in [0.25, 0.3) is 0 Å². The van der Waals surface area contributed by atoms with Gasteiger partial charge < -0.3 is 10.6 Å². The zero-order valence-corrected chi connectivity index (χ0v) is 13.7. The zero-order chi connectivity index (χ0) is 14.5. The monoisotopic (exact) mass is 348 g/mol. The molecule has 0 aliphatic heterocycles. The van der Waals surface area contributed by atoms with Crippen LogP contribution in [0, 0.1) is 0 Å². The SMILES string of the molecule is CN(CCc1ccccc1)c1cccc(Br)c1C(N)=S. The summed E-state index contributed by atoms with van der Waals surface area (Å²) in [6.07, 6.45) is 0.987. The van der Waals surface area contributed by atoms with Crippen LogP contribution in [0.4, 0.5) is 5.69 Å². The Bertz CT molecular complexity index is 599. The molecule has 2 aromatic rings. The molecule has 0 aromatic heterocycles. The minimum absolute atomic E-state index is 0.416. The first-order valence-corrected chi connectivity index (χ1v) is 7.63. The van der Waals surface area contributed by atoms with Crippen molar-refractivity contribution in [1.29, 1.82) is 0 Å². The van der Waals surface area contributed by atoms with E-state index in [1.807, 2.05) is 24.3 Å². The first kappa shape index (κ1) is 15.0. The van der Waals surface area contributed by atoms with Gasteiger partial charge in [-0.15, -0.1) is 0 Å². The molecule has 2 nitrogen and oxygen atoms in total. The van der Waals surface area contributed by atoms with Crippen LogP contribution in [-0.4, -0.2) is 18.6 Å². The van der Waals surface area contributed by atoms with Crippen molar-refractivity contribution in [1.82, 2.24) is 0 Å². The second kappa shape index (κ2) is 6.86. The third-order valence-corrected chi connectivity index (χ3v) is 4.09. The standard InChI is InChI=1S/C16H17BrN2S/c1-19(11-10-12-6-3-2-4-7-12)14-9-5-8-13(17)15(14)16(18)20/h2-9H,10-11H2,1H3,(H2,18,20). The quantitative estimate of drug-likeness (QED) is 0.834. The number of anilines is 1. The van der Waals surface area contributed by atoms with Gasteiger partial charge >= 0.3 is 0 Å². The van der Waals surface area contributed by atoms with Crippen LogP contribution < -0.4 is 10.6 Å². The number of thiocarbonyl (C=S) groups is 1. The number of halogens is 1. The smallest absolute Gasteiger partial charge is 0.107 e. The summed E-state index contributed by atoms with van der Waals surface area (Å²) in [5, 5.41) is 0. The first-order chi connectivity index (χ1) is 9.59. The fourth-order valence-corrected chi connectivity index (χ4v) is 3.05. The van der Waals surface area contributed by atoms with Gasteiger partial charge in [0.2, 0.25) is 0 Å². The molecule has 0 aliphatic rings. The predicted molar refractivity (Wildman–Crippen MR) is 93.4 cm³/mol. The van der Waals surface area contributed by atoms with Crippen LogP contribution in [0.2, 0.25) is 0 Å². The van der Waals surface area contributed by atoms with Gasteiger partial charge in [-0.1, -0.05) is 48.6 Å². The molecule has 0 spiro atoms. The third-order valence-electron chi connectivity index (χ3n) is 3.23. The Labute approximate surface area is 133 Å². The number of hydrogen-bond acceptors (Lipinski definition) is 2. The van der Waals surface area contributed by atoms with E-state index in [-0.39, 0.29) is 0 Å². The molecule has 4 heteroatoms. The second-order valence-electron chi connectivity index (χ2n) is 4.66. The van der Waals surface area contributed by atoms with Gasteiger partial charge in [0.15, 0.2) is 0 Å². The average Bonchev–Trinajstić information content (AvgIpc) is 2.45. The molecule has 0 unspecified atom stereocenters. The Balaban J connectivity index is 2.15. The lowest BCUT2D eigenvalue weighted by atomic mass is 10.1. The Morgan fingerprint density at radius 1 is 1.15 bits per heavy atom. The summed E-state index contributed by atoms with van der Waals surface area (Å²) >= 11 is 8.67. The molecule has 2 aromatic carbocycles. The minimum atomic E-state index is 0.416. The van der Waals surface area contributed by atoms with E-state index in [0.717, 1.165) is 28.7 Å². The van der Waals surface area contributed by atoms with E-state index in [1.54, 1.807) is 0 Å². The lowest BCUT2D eigenvalue weighted by Crippen LogP contribution is -2.24. The van der Waals surface area contributed by atoms with Crippen molar-refractivity contribution in [3.63, 3.8) is 0 Å². The highest BCUT2D eigenvalue weighted by molar-refractivity contribution is 9.10. The van der Waals surface area contributed by atoms with Gasteiger partial charge in [-0.3, -0.25) is 0 Å². The zero-order valence-electron chi connectivity index (χ0n) is 11.3. The molecule has 0 atom stereocenters. The Morgan fingerprint density at radius 3 is 2.50 bits per heavy atom. The number of rotatable bonds is 5. The van der Waals surface area contributed by atoms with E-state index in [9.17, 15) is 0 Å². The van der Waals surface area contributed by atoms with Crippen molar-refractivity contribution in [3.8, 4) is 0 Å². The lowest BCUT2D eigenvalue weighted by molar-refractivity contribution is 0.875. The van der Waals surface area contributed by atoms with Gasteiger partial charge in [0, 0.05) is 29.3 Å². The van der Waals surface area contributed by atoms with Crippen LogP contribution >= 0.6 is 28.1 Å². The number of nitrogens with zero attached hydrogens (tertiary/aromatic N) is 1. The fourth-order valence-electron chi connectivity index (χ4n) is 2.14. The maximum atomic E-state index is 5.84. The van der Waals surface area contributed by atoms with Crippen molar-refractivity contribution >= 4 is 38.8 Å². The molecule has 0 amide bonds. The molecule has 0 radical (unpaired) electrons. The van der Waals surface area contributed by atoms with Crippen LogP contribution in [0.3, 0.4) is 0 Å². The third kappa shape index (κ3) is 3.58.